The third-order valence-electron chi connectivity index (χ3n) is 4.36. The number of nitriles is 1. The molecule has 0 bridgehead atoms. The van der Waals surface area contributed by atoms with Crippen LogP contribution in [0.15, 0.2) is 39.5 Å². The number of rotatable bonds is 5. The number of aromatic nitrogens is 2. The van der Waals surface area contributed by atoms with Crippen LogP contribution in [0, 0.1) is 11.3 Å². The zero-order chi connectivity index (χ0) is 21.2. The van der Waals surface area contributed by atoms with Crippen molar-refractivity contribution in [3.8, 4) is 6.07 Å². The highest BCUT2D eigenvalue weighted by molar-refractivity contribution is 9.13. The minimum atomic E-state index is -3.09. The Hall–Kier alpha value is -2.32. The second-order valence-electron chi connectivity index (χ2n) is 6.58. The van der Waals surface area contributed by atoms with Gasteiger partial charge in [0.1, 0.15) is 6.04 Å². The average Bonchev–Trinajstić information content (AvgIpc) is 3.26. The van der Waals surface area contributed by atoms with Crippen LogP contribution in [0.5, 0.6) is 0 Å². The molecule has 0 radical (unpaired) electrons. The summed E-state index contributed by atoms with van der Waals surface area (Å²) in [7, 11) is 0. The second kappa shape index (κ2) is 8.59. The summed E-state index contributed by atoms with van der Waals surface area (Å²) in [5, 5.41) is 15.5. The second-order valence-corrected chi connectivity index (χ2v) is 8.29. The van der Waals surface area contributed by atoms with Gasteiger partial charge in [0, 0.05) is 21.6 Å². The SMILES string of the molecule is N#C[C@@H]1CC(F)(F)CN1C(=O)CNC(=O)c1cnn(Cc2ccc(Br)c(Br)c2)c1. The maximum atomic E-state index is 13.4. The number of likely N-dealkylation sites (tertiary alicyclic amines) is 1. The minimum absolute atomic E-state index is 0.234. The molecule has 0 unspecified atom stereocenters. The van der Waals surface area contributed by atoms with Gasteiger partial charge in [-0.2, -0.15) is 10.4 Å². The molecule has 1 aliphatic rings. The molecule has 1 aromatic heterocycles. The predicted molar refractivity (Wildman–Crippen MR) is 106 cm³/mol. The highest BCUT2D eigenvalue weighted by Crippen LogP contribution is 2.31. The van der Waals surface area contributed by atoms with Gasteiger partial charge < -0.3 is 10.2 Å². The summed E-state index contributed by atoms with van der Waals surface area (Å²) in [5.74, 6) is -4.38. The van der Waals surface area contributed by atoms with Gasteiger partial charge in [0.25, 0.3) is 11.8 Å². The zero-order valence-electron chi connectivity index (χ0n) is 14.9. The number of carbonyl (C=O) groups excluding carboxylic acids is 2. The van der Waals surface area contributed by atoms with Crippen LogP contribution < -0.4 is 5.32 Å². The molecule has 29 heavy (non-hydrogen) atoms. The largest absolute Gasteiger partial charge is 0.343 e. The summed E-state index contributed by atoms with van der Waals surface area (Å²) in [6.45, 7) is -0.858. The first-order valence-electron chi connectivity index (χ1n) is 8.50. The number of halogens is 4. The molecule has 11 heteroatoms. The lowest BCUT2D eigenvalue weighted by Gasteiger charge is -2.19. The molecule has 1 aromatic carbocycles. The standard InChI is InChI=1S/C18H15Br2F2N5O2/c19-14-2-1-11(3-15(14)20)8-26-9-12(6-25-26)17(29)24-7-16(28)27-10-18(21,22)4-13(27)5-23/h1-3,6,9,13H,4,7-8,10H2,(H,24,29)/t13-/m0/s1. The smallest absolute Gasteiger partial charge is 0.268 e. The van der Waals surface area contributed by atoms with Crippen LogP contribution in [0.3, 0.4) is 0 Å². The van der Waals surface area contributed by atoms with E-state index in [1.165, 1.54) is 12.4 Å². The Kier molecular flexibility index (Phi) is 6.33. The van der Waals surface area contributed by atoms with Crippen molar-refractivity contribution >= 4 is 43.7 Å². The molecular formula is C18H15Br2F2N5O2. The molecule has 1 aliphatic heterocycles. The minimum Gasteiger partial charge on any atom is -0.343 e. The molecule has 1 atom stereocenters. The zero-order valence-corrected chi connectivity index (χ0v) is 18.1. The number of alkyl halides is 2. The van der Waals surface area contributed by atoms with Crippen LogP contribution in [0.4, 0.5) is 8.78 Å². The van der Waals surface area contributed by atoms with E-state index in [0.717, 1.165) is 19.4 Å². The van der Waals surface area contributed by atoms with Gasteiger partial charge in [-0.15, -0.1) is 0 Å². The van der Waals surface area contributed by atoms with Crippen molar-refractivity contribution in [2.24, 2.45) is 0 Å². The highest BCUT2D eigenvalue weighted by atomic mass is 79.9. The summed E-state index contributed by atoms with van der Waals surface area (Å²) in [6.07, 6.45) is 2.19. The number of benzene rings is 1. The Labute approximate surface area is 181 Å². The summed E-state index contributed by atoms with van der Waals surface area (Å²) in [5.41, 5.74) is 1.19. The van der Waals surface area contributed by atoms with E-state index in [4.69, 9.17) is 5.26 Å². The van der Waals surface area contributed by atoms with Gasteiger partial charge in [-0.25, -0.2) is 8.78 Å². The van der Waals surface area contributed by atoms with E-state index in [0.29, 0.717) is 6.54 Å². The van der Waals surface area contributed by atoms with Crippen LogP contribution in [0.2, 0.25) is 0 Å². The lowest BCUT2D eigenvalue weighted by molar-refractivity contribution is -0.131. The molecule has 0 saturated carbocycles. The number of hydrogen-bond acceptors (Lipinski definition) is 4. The number of nitrogens with one attached hydrogen (secondary N) is 1. The van der Waals surface area contributed by atoms with Crippen LogP contribution in [0.1, 0.15) is 22.3 Å². The molecule has 2 amide bonds. The molecule has 0 aliphatic carbocycles. The normalized spacial score (nSPS) is 17.8. The molecule has 2 aromatic rings. The lowest BCUT2D eigenvalue weighted by Crippen LogP contribution is -2.42. The van der Waals surface area contributed by atoms with Crippen molar-refractivity contribution < 1.29 is 18.4 Å². The van der Waals surface area contributed by atoms with Crippen molar-refractivity contribution in [2.75, 3.05) is 13.1 Å². The van der Waals surface area contributed by atoms with Gasteiger partial charge in [-0.05, 0) is 49.6 Å². The number of nitrogens with zero attached hydrogens (tertiary/aromatic N) is 4. The van der Waals surface area contributed by atoms with Gasteiger partial charge in [0.2, 0.25) is 5.91 Å². The topological polar surface area (TPSA) is 91.0 Å². The van der Waals surface area contributed by atoms with E-state index in [9.17, 15) is 18.4 Å². The van der Waals surface area contributed by atoms with Crippen molar-refractivity contribution in [3.05, 3.63) is 50.7 Å². The fourth-order valence-electron chi connectivity index (χ4n) is 2.95. The molecule has 0 spiro atoms. The highest BCUT2D eigenvalue weighted by Gasteiger charge is 2.47. The molecular weight excluding hydrogens is 516 g/mol. The molecule has 7 nitrogen and oxygen atoms in total. The monoisotopic (exact) mass is 529 g/mol. The Morgan fingerprint density at radius 2 is 2.10 bits per heavy atom. The van der Waals surface area contributed by atoms with Gasteiger partial charge in [-0.3, -0.25) is 14.3 Å². The summed E-state index contributed by atoms with van der Waals surface area (Å²) < 4.78 is 30.2. The van der Waals surface area contributed by atoms with Crippen LogP contribution in [0.25, 0.3) is 0 Å². The van der Waals surface area contributed by atoms with Gasteiger partial charge in [0.05, 0.1) is 37.5 Å². The Bertz CT molecular complexity index is 989. The number of amides is 2. The molecule has 1 N–H and O–H groups in total. The van der Waals surface area contributed by atoms with Crippen molar-refractivity contribution in [1.29, 1.82) is 5.26 Å². The molecule has 152 valence electrons. The quantitative estimate of drug-likeness (QED) is 0.643. The first-order chi connectivity index (χ1) is 13.7. The fraction of sp³-hybridized carbons (Fsp3) is 0.333. The summed E-state index contributed by atoms with van der Waals surface area (Å²) in [4.78, 5) is 25.2. The van der Waals surface area contributed by atoms with Crippen molar-refractivity contribution in [1.82, 2.24) is 20.0 Å². The van der Waals surface area contributed by atoms with E-state index < -0.39 is 43.3 Å². The van der Waals surface area contributed by atoms with E-state index in [2.05, 4.69) is 42.3 Å². The maximum Gasteiger partial charge on any atom is 0.268 e. The fourth-order valence-corrected chi connectivity index (χ4v) is 3.62. The Balaban J connectivity index is 1.57. The van der Waals surface area contributed by atoms with E-state index >= 15 is 0 Å². The third-order valence-corrected chi connectivity index (χ3v) is 6.24. The summed E-state index contributed by atoms with van der Waals surface area (Å²) in [6, 6.07) is 6.22. The van der Waals surface area contributed by atoms with Gasteiger partial charge >= 0.3 is 0 Å². The predicted octanol–water partition coefficient (Wildman–Crippen LogP) is 2.95. The van der Waals surface area contributed by atoms with E-state index in [-0.39, 0.29) is 5.56 Å². The van der Waals surface area contributed by atoms with E-state index in [1.807, 2.05) is 18.2 Å². The van der Waals surface area contributed by atoms with Crippen LogP contribution in [-0.2, 0) is 11.3 Å². The van der Waals surface area contributed by atoms with Crippen molar-refractivity contribution in [3.63, 3.8) is 0 Å². The first-order valence-corrected chi connectivity index (χ1v) is 10.1. The first kappa shape index (κ1) is 21.4. The maximum absolute atomic E-state index is 13.4. The van der Waals surface area contributed by atoms with E-state index in [1.54, 1.807) is 10.8 Å². The Morgan fingerprint density at radius 3 is 2.79 bits per heavy atom. The Morgan fingerprint density at radius 1 is 1.34 bits per heavy atom. The third kappa shape index (κ3) is 5.19. The van der Waals surface area contributed by atoms with Gasteiger partial charge in [0.15, 0.2) is 0 Å². The molecule has 3 rings (SSSR count). The van der Waals surface area contributed by atoms with Crippen LogP contribution in [-0.4, -0.2) is 51.5 Å². The molecule has 1 saturated heterocycles. The number of hydrogen-bond donors (Lipinski definition) is 1. The molecule has 1 fully saturated rings. The molecule has 2 heterocycles. The van der Waals surface area contributed by atoms with Crippen LogP contribution >= 0.6 is 31.9 Å². The summed E-state index contributed by atoms with van der Waals surface area (Å²) >= 11 is 6.82. The van der Waals surface area contributed by atoms with Crippen molar-refractivity contribution in [2.45, 2.75) is 24.9 Å². The lowest BCUT2D eigenvalue weighted by atomic mass is 10.2. The average molecular weight is 531 g/mol. The number of carbonyl (C=O) groups is 2. The van der Waals surface area contributed by atoms with Gasteiger partial charge in [-0.1, -0.05) is 6.07 Å².